The van der Waals surface area contributed by atoms with Gasteiger partial charge in [0.2, 0.25) is 0 Å². The zero-order valence-electron chi connectivity index (χ0n) is 18.4. The van der Waals surface area contributed by atoms with Crippen LogP contribution in [0.5, 0.6) is 0 Å². The van der Waals surface area contributed by atoms with E-state index in [2.05, 4.69) is 6.58 Å². The number of aliphatic hydroxyl groups is 1. The van der Waals surface area contributed by atoms with Crippen molar-refractivity contribution in [1.82, 2.24) is 0 Å². The lowest BCUT2D eigenvalue weighted by Gasteiger charge is -2.29. The summed E-state index contributed by atoms with van der Waals surface area (Å²) in [5, 5.41) is 11.1. The van der Waals surface area contributed by atoms with Gasteiger partial charge in [-0.05, 0) is 45.0 Å². The number of hydrogen-bond donors (Lipinski definition) is 1. The molecule has 2 unspecified atom stereocenters. The Morgan fingerprint density at radius 1 is 1.03 bits per heavy atom. The molecule has 1 aliphatic rings. The van der Waals surface area contributed by atoms with E-state index in [0.29, 0.717) is 11.1 Å². The number of carbonyl (C=O) groups excluding carboxylic acids is 2. The Kier molecular flexibility index (Phi) is 7.45. The molecule has 0 bridgehead atoms. The highest BCUT2D eigenvalue weighted by Gasteiger charge is 2.56. The highest BCUT2D eigenvalue weighted by atomic mass is 16.7. The first kappa shape index (κ1) is 23.7. The third-order valence-electron chi connectivity index (χ3n) is 5.24. The Bertz CT molecular complexity index is 947. The van der Waals surface area contributed by atoms with Gasteiger partial charge in [0.25, 0.3) is 0 Å². The summed E-state index contributed by atoms with van der Waals surface area (Å²) in [5.74, 6) is -1.18. The van der Waals surface area contributed by atoms with E-state index in [1.54, 1.807) is 48.5 Å². The third-order valence-corrected chi connectivity index (χ3v) is 5.24. The fourth-order valence-corrected chi connectivity index (χ4v) is 3.37. The molecule has 0 aliphatic carbocycles. The van der Waals surface area contributed by atoms with Gasteiger partial charge in [0, 0.05) is 0 Å². The molecule has 7 nitrogen and oxygen atoms in total. The standard InChI is InChI=1S/C25H28O7/c1-5-14-29-24-25(4,28)21(32-23(27)19-12-8-17(3)9-13-19)20(31-24)15-30-22(26)18-10-6-16(2)7-11-18/h5-13,20-21,24,28H,1,14-15H2,2-4H3/t20?,21-,24?,25-/m1/s1. The Morgan fingerprint density at radius 3 is 2.09 bits per heavy atom. The molecule has 2 aromatic carbocycles. The maximum Gasteiger partial charge on any atom is 0.338 e. The molecule has 0 saturated carbocycles. The van der Waals surface area contributed by atoms with Crippen LogP contribution in [-0.4, -0.2) is 54.4 Å². The van der Waals surface area contributed by atoms with Crippen molar-refractivity contribution < 1.29 is 33.6 Å². The minimum Gasteiger partial charge on any atom is -0.459 e. The second-order valence-corrected chi connectivity index (χ2v) is 8.01. The smallest absolute Gasteiger partial charge is 0.338 e. The summed E-state index contributed by atoms with van der Waals surface area (Å²) in [6.07, 6.45) is -1.64. The fraction of sp³-hybridized carbons (Fsp3) is 0.360. The van der Waals surface area contributed by atoms with Crippen molar-refractivity contribution in [2.24, 2.45) is 0 Å². The highest BCUT2D eigenvalue weighted by molar-refractivity contribution is 5.90. The molecule has 2 aromatic rings. The van der Waals surface area contributed by atoms with E-state index in [1.165, 1.54) is 13.0 Å². The van der Waals surface area contributed by atoms with Crippen LogP contribution in [0, 0.1) is 13.8 Å². The molecule has 1 heterocycles. The Labute approximate surface area is 187 Å². The molecule has 0 aromatic heterocycles. The van der Waals surface area contributed by atoms with Crippen molar-refractivity contribution in [3.8, 4) is 0 Å². The van der Waals surface area contributed by atoms with Crippen LogP contribution in [-0.2, 0) is 18.9 Å². The van der Waals surface area contributed by atoms with Gasteiger partial charge in [0.1, 0.15) is 12.7 Å². The largest absolute Gasteiger partial charge is 0.459 e. The molecule has 3 rings (SSSR count). The van der Waals surface area contributed by atoms with Gasteiger partial charge < -0.3 is 24.1 Å². The summed E-state index contributed by atoms with van der Waals surface area (Å²) < 4.78 is 22.3. The Balaban J connectivity index is 1.75. The van der Waals surface area contributed by atoms with Gasteiger partial charge in [0.05, 0.1) is 17.7 Å². The van der Waals surface area contributed by atoms with Crippen LogP contribution in [0.1, 0.15) is 38.8 Å². The minimum absolute atomic E-state index is 0.120. The molecule has 0 amide bonds. The number of benzene rings is 2. The van der Waals surface area contributed by atoms with Gasteiger partial charge in [-0.3, -0.25) is 0 Å². The highest BCUT2D eigenvalue weighted by Crippen LogP contribution is 2.35. The van der Waals surface area contributed by atoms with Crippen LogP contribution in [0.2, 0.25) is 0 Å². The molecule has 4 atom stereocenters. The second kappa shape index (κ2) is 10.1. The van der Waals surface area contributed by atoms with E-state index in [-0.39, 0.29) is 13.2 Å². The van der Waals surface area contributed by atoms with Gasteiger partial charge in [0.15, 0.2) is 18.0 Å². The predicted octanol–water partition coefficient (Wildman–Crippen LogP) is 3.36. The van der Waals surface area contributed by atoms with E-state index >= 15 is 0 Å². The fourth-order valence-electron chi connectivity index (χ4n) is 3.37. The van der Waals surface area contributed by atoms with E-state index in [0.717, 1.165) is 11.1 Å². The number of esters is 2. The molecule has 1 N–H and O–H groups in total. The number of rotatable bonds is 8. The third kappa shape index (κ3) is 5.43. The number of ether oxygens (including phenoxy) is 4. The molecule has 0 radical (unpaired) electrons. The van der Waals surface area contributed by atoms with Crippen LogP contribution >= 0.6 is 0 Å². The summed E-state index contributed by atoms with van der Waals surface area (Å²) in [7, 11) is 0. The lowest BCUT2D eigenvalue weighted by molar-refractivity contribution is -0.195. The monoisotopic (exact) mass is 440 g/mol. The Hall–Kier alpha value is -3.00. The SMILES string of the molecule is C=CCOC1OC(COC(=O)c2ccc(C)cc2)[C@@H](OC(=O)c2ccc(C)cc2)[C@@]1(C)O. The topological polar surface area (TPSA) is 91.3 Å². The van der Waals surface area contributed by atoms with Crippen LogP contribution in [0.3, 0.4) is 0 Å². The van der Waals surface area contributed by atoms with Crippen LogP contribution in [0.15, 0.2) is 61.2 Å². The molecular formula is C25H28O7. The molecule has 7 heteroatoms. The van der Waals surface area contributed by atoms with Crippen molar-refractivity contribution >= 4 is 11.9 Å². The van der Waals surface area contributed by atoms with Crippen LogP contribution in [0.4, 0.5) is 0 Å². The van der Waals surface area contributed by atoms with Gasteiger partial charge in [-0.1, -0.05) is 41.5 Å². The maximum atomic E-state index is 12.7. The summed E-state index contributed by atoms with van der Waals surface area (Å²) in [6.45, 7) is 8.75. The van der Waals surface area contributed by atoms with Crippen molar-refractivity contribution in [2.45, 2.75) is 44.9 Å². The van der Waals surface area contributed by atoms with Crippen molar-refractivity contribution in [3.05, 3.63) is 83.4 Å². The van der Waals surface area contributed by atoms with Crippen molar-refractivity contribution in [1.29, 1.82) is 0 Å². The van der Waals surface area contributed by atoms with Gasteiger partial charge >= 0.3 is 11.9 Å². The van der Waals surface area contributed by atoms with E-state index in [4.69, 9.17) is 18.9 Å². The van der Waals surface area contributed by atoms with Crippen molar-refractivity contribution in [3.63, 3.8) is 0 Å². The number of aryl methyl sites for hydroxylation is 2. The normalized spacial score (nSPS) is 24.7. The zero-order chi connectivity index (χ0) is 23.3. The van der Waals surface area contributed by atoms with Gasteiger partial charge in [-0.2, -0.15) is 0 Å². The summed E-state index contributed by atoms with van der Waals surface area (Å²) in [5.41, 5.74) is 1.05. The van der Waals surface area contributed by atoms with Gasteiger partial charge in [-0.25, -0.2) is 9.59 Å². The van der Waals surface area contributed by atoms with Crippen LogP contribution in [0.25, 0.3) is 0 Å². The number of hydrogen-bond acceptors (Lipinski definition) is 7. The lowest BCUT2D eigenvalue weighted by Crippen LogP contribution is -2.49. The van der Waals surface area contributed by atoms with Crippen molar-refractivity contribution in [2.75, 3.05) is 13.2 Å². The Morgan fingerprint density at radius 2 is 1.56 bits per heavy atom. The molecule has 170 valence electrons. The lowest BCUT2D eigenvalue weighted by atomic mass is 9.97. The van der Waals surface area contributed by atoms with E-state index in [1.807, 2.05) is 13.8 Å². The summed E-state index contributed by atoms with van der Waals surface area (Å²) >= 11 is 0. The quantitative estimate of drug-likeness (QED) is 0.497. The average Bonchev–Trinajstić information content (AvgIpc) is 3.00. The molecular weight excluding hydrogens is 412 g/mol. The predicted molar refractivity (Wildman–Crippen MR) is 117 cm³/mol. The zero-order valence-corrected chi connectivity index (χ0v) is 18.4. The minimum atomic E-state index is -1.68. The first-order chi connectivity index (χ1) is 15.2. The molecule has 0 spiro atoms. The van der Waals surface area contributed by atoms with Crippen LogP contribution < -0.4 is 0 Å². The average molecular weight is 440 g/mol. The summed E-state index contributed by atoms with van der Waals surface area (Å²) in [6, 6.07) is 13.8. The van der Waals surface area contributed by atoms with Gasteiger partial charge in [-0.15, -0.1) is 6.58 Å². The first-order valence-electron chi connectivity index (χ1n) is 10.3. The molecule has 32 heavy (non-hydrogen) atoms. The van der Waals surface area contributed by atoms with E-state index < -0.39 is 36.0 Å². The molecule has 1 aliphatic heterocycles. The molecule has 1 saturated heterocycles. The second-order valence-electron chi connectivity index (χ2n) is 8.01. The molecule has 1 fully saturated rings. The van der Waals surface area contributed by atoms with E-state index in [9.17, 15) is 14.7 Å². The maximum absolute atomic E-state index is 12.7. The first-order valence-corrected chi connectivity index (χ1v) is 10.3. The number of carbonyl (C=O) groups is 2. The summed E-state index contributed by atoms with van der Waals surface area (Å²) in [4.78, 5) is 25.1.